The van der Waals surface area contributed by atoms with Gasteiger partial charge in [0, 0.05) is 24.2 Å². The molecule has 0 saturated carbocycles. The van der Waals surface area contributed by atoms with Gasteiger partial charge in [-0.1, -0.05) is 35.9 Å². The topological polar surface area (TPSA) is 96.5 Å². The molecular formula is C22H35Cl3N2O4. The number of benzene rings is 2. The van der Waals surface area contributed by atoms with Crippen molar-refractivity contribution in [1.29, 1.82) is 0 Å². The van der Waals surface area contributed by atoms with Gasteiger partial charge in [0.1, 0.15) is 18.5 Å². The molecule has 2 aromatic rings. The summed E-state index contributed by atoms with van der Waals surface area (Å²) in [5, 5.41) is 24.1. The lowest BCUT2D eigenvalue weighted by atomic mass is 10.1. The fourth-order valence-electron chi connectivity index (χ4n) is 2.96. The molecule has 2 rings (SSSR count). The van der Waals surface area contributed by atoms with Crippen LogP contribution >= 0.6 is 36.4 Å². The first kappa shape index (κ1) is 32.1. The summed E-state index contributed by atoms with van der Waals surface area (Å²) in [7, 11) is 3.84. The Kier molecular flexibility index (Phi) is 17.1. The maximum absolute atomic E-state index is 10.3. The van der Waals surface area contributed by atoms with Gasteiger partial charge in [0.15, 0.2) is 0 Å². The smallest absolute Gasteiger partial charge is 0.119 e. The number of nitrogens with one attached hydrogen (secondary N) is 1. The first-order valence-electron chi connectivity index (χ1n) is 9.55. The summed E-state index contributed by atoms with van der Waals surface area (Å²) in [5.74, 6) is 0.749. The highest BCUT2D eigenvalue weighted by Gasteiger charge is 2.11. The number of likely N-dealkylation sites (N-methyl/N-ethyl adjacent to an activating group) is 1. The lowest BCUT2D eigenvalue weighted by molar-refractivity contribution is 0.0831. The Morgan fingerprint density at radius 1 is 1.06 bits per heavy atom. The van der Waals surface area contributed by atoms with Crippen molar-refractivity contribution in [2.75, 3.05) is 33.8 Å². The largest absolute Gasteiger partial charge is 0.491 e. The molecule has 0 aromatic heterocycles. The van der Waals surface area contributed by atoms with E-state index in [4.69, 9.17) is 16.3 Å². The molecule has 6 nitrogen and oxygen atoms in total. The van der Waals surface area contributed by atoms with E-state index >= 15 is 0 Å². The zero-order valence-corrected chi connectivity index (χ0v) is 20.5. The van der Waals surface area contributed by atoms with E-state index in [9.17, 15) is 10.2 Å². The summed E-state index contributed by atoms with van der Waals surface area (Å²) in [6.07, 6.45) is -0.262. The van der Waals surface area contributed by atoms with E-state index in [-0.39, 0.29) is 42.9 Å². The van der Waals surface area contributed by atoms with E-state index in [0.717, 1.165) is 17.7 Å². The number of aliphatic hydroxyl groups excluding tert-OH is 2. The first-order valence-corrected chi connectivity index (χ1v) is 9.92. The number of hydrogen-bond acceptors (Lipinski definition) is 5. The molecule has 0 heterocycles. The van der Waals surface area contributed by atoms with E-state index < -0.39 is 12.2 Å². The lowest BCUT2D eigenvalue weighted by Gasteiger charge is -2.18. The first-order chi connectivity index (χ1) is 13.3. The molecule has 0 spiro atoms. The molecule has 178 valence electrons. The normalized spacial score (nSPS) is 13.3. The summed E-state index contributed by atoms with van der Waals surface area (Å²) in [5.41, 5.74) is 1.99. The number of aliphatic hydroxyl groups is 2. The summed E-state index contributed by atoms with van der Waals surface area (Å²) in [4.78, 5) is 1.93. The van der Waals surface area contributed by atoms with Crippen molar-refractivity contribution in [2.45, 2.75) is 31.6 Å². The Hall–Kier alpha value is -1.09. The third kappa shape index (κ3) is 12.5. The molecule has 9 heteroatoms. The molecule has 3 unspecified atom stereocenters. The van der Waals surface area contributed by atoms with Gasteiger partial charge in [0.25, 0.3) is 0 Å². The Labute approximate surface area is 202 Å². The molecule has 0 amide bonds. The van der Waals surface area contributed by atoms with Crippen molar-refractivity contribution in [1.82, 2.24) is 10.2 Å². The van der Waals surface area contributed by atoms with Crippen LogP contribution in [0.2, 0.25) is 5.02 Å². The Balaban J connectivity index is 0. The second-order valence-electron chi connectivity index (χ2n) is 7.46. The van der Waals surface area contributed by atoms with Crippen LogP contribution in [-0.4, -0.2) is 66.5 Å². The predicted molar refractivity (Wildman–Crippen MR) is 132 cm³/mol. The summed E-state index contributed by atoms with van der Waals surface area (Å²) >= 11 is 5.98. The average molecular weight is 498 g/mol. The van der Waals surface area contributed by atoms with E-state index in [1.165, 1.54) is 5.56 Å². The monoisotopic (exact) mass is 496 g/mol. The molecule has 0 saturated heterocycles. The maximum Gasteiger partial charge on any atom is 0.119 e. The number of ether oxygens (including phenoxy) is 1. The third-order valence-electron chi connectivity index (χ3n) is 4.38. The highest BCUT2D eigenvalue weighted by molar-refractivity contribution is 6.30. The molecule has 0 radical (unpaired) electrons. The van der Waals surface area contributed by atoms with Crippen LogP contribution in [0.15, 0.2) is 48.5 Å². The van der Waals surface area contributed by atoms with E-state index in [1.54, 1.807) is 12.1 Å². The van der Waals surface area contributed by atoms with Crippen molar-refractivity contribution in [3.05, 3.63) is 64.7 Å². The van der Waals surface area contributed by atoms with Gasteiger partial charge in [-0.2, -0.15) is 0 Å². The predicted octanol–water partition coefficient (Wildman–Crippen LogP) is 2.91. The van der Waals surface area contributed by atoms with Gasteiger partial charge in [-0.05, 0) is 62.8 Å². The van der Waals surface area contributed by atoms with Crippen LogP contribution in [0, 0.1) is 0 Å². The molecule has 31 heavy (non-hydrogen) atoms. The summed E-state index contributed by atoms with van der Waals surface area (Å²) < 4.78 is 5.63. The summed E-state index contributed by atoms with van der Waals surface area (Å²) in [6, 6.07) is 15.4. The minimum Gasteiger partial charge on any atom is -0.491 e. The van der Waals surface area contributed by atoms with E-state index in [2.05, 4.69) is 12.2 Å². The standard InChI is InChI=1S/C22H31ClN2O3.2ClH.H2O/c1-16(24-13-22(27)18-5-4-6-19(23)12-18)11-17-7-9-21(10-8-17)28-15-20(26)14-25(2)3;;;/h4-10,12,16,20,22,24,26-27H,11,13-15H2,1-3H3;2*1H;1H2. The zero-order chi connectivity index (χ0) is 20.5. The summed E-state index contributed by atoms with van der Waals surface area (Å²) in [6.45, 7) is 3.40. The molecular weight excluding hydrogens is 463 g/mol. The van der Waals surface area contributed by atoms with Crippen LogP contribution in [0.5, 0.6) is 5.75 Å². The second kappa shape index (κ2) is 16.5. The van der Waals surface area contributed by atoms with Crippen LogP contribution in [-0.2, 0) is 6.42 Å². The molecule has 2 aromatic carbocycles. The van der Waals surface area contributed by atoms with Crippen LogP contribution in [0.1, 0.15) is 24.2 Å². The maximum atomic E-state index is 10.3. The fraction of sp³-hybridized carbons (Fsp3) is 0.455. The highest BCUT2D eigenvalue weighted by Crippen LogP contribution is 2.18. The van der Waals surface area contributed by atoms with Crippen molar-refractivity contribution in [3.8, 4) is 5.75 Å². The van der Waals surface area contributed by atoms with Crippen LogP contribution in [0.4, 0.5) is 0 Å². The molecule has 3 atom stereocenters. The van der Waals surface area contributed by atoms with Crippen LogP contribution in [0.25, 0.3) is 0 Å². The third-order valence-corrected chi connectivity index (χ3v) is 4.61. The van der Waals surface area contributed by atoms with Crippen molar-refractivity contribution < 1.29 is 20.4 Å². The number of rotatable bonds is 11. The van der Waals surface area contributed by atoms with Gasteiger partial charge in [0.2, 0.25) is 0 Å². The molecule has 0 aliphatic rings. The van der Waals surface area contributed by atoms with Crippen molar-refractivity contribution in [2.24, 2.45) is 0 Å². The highest BCUT2D eigenvalue weighted by atomic mass is 35.5. The SMILES string of the molecule is CC(Cc1ccc(OCC(O)CN(C)C)cc1)NCC(O)c1cccc(Cl)c1.Cl.Cl.O. The average Bonchev–Trinajstić information content (AvgIpc) is 2.65. The Morgan fingerprint density at radius 2 is 1.71 bits per heavy atom. The number of hydrogen-bond donors (Lipinski definition) is 3. The zero-order valence-electron chi connectivity index (χ0n) is 18.1. The minimum atomic E-state index is -0.592. The number of halogens is 3. The van der Waals surface area contributed by atoms with Crippen molar-refractivity contribution in [3.63, 3.8) is 0 Å². The van der Waals surface area contributed by atoms with Gasteiger partial charge < -0.3 is 30.6 Å². The fourth-order valence-corrected chi connectivity index (χ4v) is 3.16. The molecule has 0 aliphatic heterocycles. The Morgan fingerprint density at radius 3 is 2.29 bits per heavy atom. The molecule has 0 bridgehead atoms. The molecule has 0 aliphatic carbocycles. The van der Waals surface area contributed by atoms with Gasteiger partial charge in [0.05, 0.1) is 6.10 Å². The lowest BCUT2D eigenvalue weighted by Crippen LogP contribution is -2.32. The van der Waals surface area contributed by atoms with Crippen LogP contribution in [0.3, 0.4) is 0 Å². The second-order valence-corrected chi connectivity index (χ2v) is 7.89. The van der Waals surface area contributed by atoms with Crippen LogP contribution < -0.4 is 10.1 Å². The minimum absolute atomic E-state index is 0. The van der Waals surface area contributed by atoms with Gasteiger partial charge in [-0.25, -0.2) is 0 Å². The number of nitrogens with zero attached hydrogens (tertiary/aromatic N) is 1. The van der Waals surface area contributed by atoms with E-state index in [1.807, 2.05) is 55.4 Å². The molecule has 0 fully saturated rings. The molecule has 5 N–H and O–H groups in total. The van der Waals surface area contributed by atoms with E-state index in [0.29, 0.717) is 18.1 Å². The Bertz CT molecular complexity index is 720. The van der Waals surface area contributed by atoms with Gasteiger partial charge in [-0.3, -0.25) is 0 Å². The quantitative estimate of drug-likeness (QED) is 0.443. The van der Waals surface area contributed by atoms with Gasteiger partial charge in [-0.15, -0.1) is 24.8 Å². The van der Waals surface area contributed by atoms with Gasteiger partial charge >= 0.3 is 0 Å². The van der Waals surface area contributed by atoms with Crippen molar-refractivity contribution >= 4 is 36.4 Å².